The molecule has 0 aromatic heterocycles. The van der Waals surface area contributed by atoms with Gasteiger partial charge in [0.25, 0.3) is 0 Å². The highest BCUT2D eigenvalue weighted by Crippen LogP contribution is 2.45. The zero-order valence-electron chi connectivity index (χ0n) is 67.6. The molecule has 0 saturated carbocycles. The van der Waals surface area contributed by atoms with E-state index in [9.17, 15) is 43.2 Å². The Morgan fingerprint density at radius 3 is 0.738 bits per heavy atom. The van der Waals surface area contributed by atoms with E-state index in [1.165, 1.54) is 263 Å². The Morgan fingerprint density at radius 1 is 0.282 bits per heavy atom. The van der Waals surface area contributed by atoms with Gasteiger partial charge < -0.3 is 33.8 Å². The van der Waals surface area contributed by atoms with Gasteiger partial charge in [-0.3, -0.25) is 37.3 Å². The molecule has 0 heterocycles. The van der Waals surface area contributed by atoms with Gasteiger partial charge >= 0.3 is 39.5 Å². The molecule has 0 saturated heterocycles. The molecule has 0 aliphatic rings. The quantitative estimate of drug-likeness (QED) is 0.0222. The molecule has 0 bridgehead atoms. The van der Waals surface area contributed by atoms with Crippen molar-refractivity contribution in [2.24, 2.45) is 11.8 Å². The maximum atomic E-state index is 13.1. The SMILES string of the molecule is CCCCCCCCCCCCCCCCCCCCCC(=O)OC[C@H](COP(=O)(O)OC[C@@H](O)COP(=O)(O)OC[C@@H](COC(=O)CCCCCCCCCCC)OC(=O)CCCCCCCCCCCCC(C)CC)OC(=O)CCCCCCCCCCCCCCCCCCCCC(C)C. The van der Waals surface area contributed by atoms with Gasteiger partial charge in [0.05, 0.1) is 26.4 Å². The molecule has 0 aliphatic heterocycles. The van der Waals surface area contributed by atoms with Crippen LogP contribution in [0.2, 0.25) is 0 Å². The second-order valence-electron chi connectivity index (χ2n) is 30.9. The first kappa shape index (κ1) is 101. The average Bonchev–Trinajstić information content (AvgIpc) is 0.925. The number of carbonyl (C=O) groups is 4. The third-order valence-corrected chi connectivity index (χ3v) is 22.0. The van der Waals surface area contributed by atoms with E-state index in [1.807, 2.05) is 0 Å². The lowest BCUT2D eigenvalue weighted by atomic mass is 9.99. The van der Waals surface area contributed by atoms with E-state index in [-0.39, 0.29) is 25.7 Å². The summed E-state index contributed by atoms with van der Waals surface area (Å²) in [5, 5.41) is 10.7. The topological polar surface area (TPSA) is 237 Å². The number of aliphatic hydroxyl groups excluding tert-OH is 1. The molecule has 612 valence electrons. The van der Waals surface area contributed by atoms with Gasteiger partial charge in [-0.15, -0.1) is 0 Å². The minimum Gasteiger partial charge on any atom is -0.462 e. The van der Waals surface area contributed by atoms with Crippen LogP contribution in [0, 0.1) is 11.8 Å². The van der Waals surface area contributed by atoms with E-state index in [0.717, 1.165) is 102 Å². The predicted molar refractivity (Wildman–Crippen MR) is 423 cm³/mol. The Morgan fingerprint density at radius 2 is 0.495 bits per heavy atom. The van der Waals surface area contributed by atoms with Crippen LogP contribution in [0.5, 0.6) is 0 Å². The summed E-state index contributed by atoms with van der Waals surface area (Å²) >= 11 is 0. The largest absolute Gasteiger partial charge is 0.472 e. The van der Waals surface area contributed by atoms with E-state index in [4.69, 9.17) is 37.0 Å². The summed E-state index contributed by atoms with van der Waals surface area (Å²) in [6.45, 7) is 9.70. The zero-order chi connectivity index (χ0) is 75.6. The van der Waals surface area contributed by atoms with Crippen LogP contribution < -0.4 is 0 Å². The van der Waals surface area contributed by atoms with Crippen molar-refractivity contribution in [3.8, 4) is 0 Å². The fraction of sp³-hybridized carbons (Fsp3) is 0.952. The Balaban J connectivity index is 5.21. The van der Waals surface area contributed by atoms with Crippen LogP contribution in [0.4, 0.5) is 0 Å². The smallest absolute Gasteiger partial charge is 0.462 e. The molecule has 0 radical (unpaired) electrons. The molecule has 0 aliphatic carbocycles. The molecule has 3 N–H and O–H groups in total. The molecule has 6 atom stereocenters. The van der Waals surface area contributed by atoms with Crippen molar-refractivity contribution < 1.29 is 80.2 Å². The van der Waals surface area contributed by atoms with Crippen LogP contribution in [-0.2, 0) is 65.4 Å². The summed E-state index contributed by atoms with van der Waals surface area (Å²) < 4.78 is 68.8. The Hall–Kier alpha value is -1.94. The first-order chi connectivity index (χ1) is 49.9. The summed E-state index contributed by atoms with van der Waals surface area (Å²) in [6, 6.07) is 0. The third-order valence-electron chi connectivity index (χ3n) is 20.1. The van der Waals surface area contributed by atoms with E-state index < -0.39 is 97.5 Å². The number of ether oxygens (including phenoxy) is 4. The predicted octanol–water partition coefficient (Wildman–Crippen LogP) is 25.5. The van der Waals surface area contributed by atoms with Crippen molar-refractivity contribution in [1.82, 2.24) is 0 Å². The highest BCUT2D eigenvalue weighted by molar-refractivity contribution is 7.47. The van der Waals surface area contributed by atoms with Crippen molar-refractivity contribution >= 4 is 39.5 Å². The molecule has 0 amide bonds. The summed E-state index contributed by atoms with van der Waals surface area (Å²) in [5.74, 6) is -0.483. The second kappa shape index (κ2) is 75.5. The van der Waals surface area contributed by atoms with Crippen LogP contribution in [0.25, 0.3) is 0 Å². The van der Waals surface area contributed by atoms with Crippen molar-refractivity contribution in [2.45, 2.75) is 464 Å². The van der Waals surface area contributed by atoms with Gasteiger partial charge in [0.2, 0.25) is 0 Å². The number of unbranched alkanes of at least 4 members (excludes halogenated alkanes) is 52. The van der Waals surface area contributed by atoms with E-state index in [2.05, 4.69) is 41.5 Å². The molecule has 19 heteroatoms. The van der Waals surface area contributed by atoms with Gasteiger partial charge in [-0.05, 0) is 37.5 Å². The van der Waals surface area contributed by atoms with Crippen molar-refractivity contribution in [1.29, 1.82) is 0 Å². The Bertz CT molecular complexity index is 1980. The molecule has 0 aromatic rings. The minimum absolute atomic E-state index is 0.107. The molecule has 0 aromatic carbocycles. The van der Waals surface area contributed by atoms with Crippen molar-refractivity contribution in [3.63, 3.8) is 0 Å². The average molecular weight is 1510 g/mol. The number of phosphoric acid groups is 2. The molecular weight excluding hydrogens is 1340 g/mol. The number of carbonyl (C=O) groups excluding carboxylic acids is 4. The molecule has 0 fully saturated rings. The summed E-state index contributed by atoms with van der Waals surface area (Å²) in [4.78, 5) is 73.1. The fourth-order valence-corrected chi connectivity index (χ4v) is 14.6. The van der Waals surface area contributed by atoms with Crippen LogP contribution >= 0.6 is 15.6 Å². The van der Waals surface area contributed by atoms with Crippen molar-refractivity contribution in [3.05, 3.63) is 0 Å². The molecule has 17 nitrogen and oxygen atoms in total. The number of aliphatic hydroxyl groups is 1. The number of rotatable bonds is 83. The molecule has 0 spiro atoms. The summed E-state index contributed by atoms with van der Waals surface area (Å²) in [5.41, 5.74) is 0. The van der Waals surface area contributed by atoms with Gasteiger partial charge in [-0.2, -0.15) is 0 Å². The standard InChI is InChI=1S/C84H164O17P2/c1-7-10-12-14-16-18-19-20-21-22-23-27-30-33-36-43-49-55-61-67-82(87)95-73-80(100-83(88)68-62-56-50-44-37-34-31-28-25-24-26-29-32-35-41-46-52-58-64-76(4)5)75-99-103(92,93)97-71-78(85)70-96-102(90,91)98-74-79(72-94-81(86)66-60-54-48-40-17-15-13-11-8-2)101-84(89)69-63-57-51-45-39-38-42-47-53-59-65-77(6)9-3/h76-80,85H,7-75H2,1-6H3,(H,90,91)(H,92,93)/t77?,78-,79+,80+/m0/s1. The fourth-order valence-electron chi connectivity index (χ4n) is 13.0. The highest BCUT2D eigenvalue weighted by atomic mass is 31.2. The van der Waals surface area contributed by atoms with E-state index in [1.54, 1.807) is 0 Å². The van der Waals surface area contributed by atoms with Crippen LogP contribution in [0.15, 0.2) is 0 Å². The van der Waals surface area contributed by atoms with E-state index in [0.29, 0.717) is 25.7 Å². The maximum Gasteiger partial charge on any atom is 0.472 e. The van der Waals surface area contributed by atoms with Gasteiger partial charge in [0.1, 0.15) is 19.3 Å². The van der Waals surface area contributed by atoms with Gasteiger partial charge in [-0.1, -0.05) is 395 Å². The number of hydrogen-bond acceptors (Lipinski definition) is 15. The monoisotopic (exact) mass is 1510 g/mol. The normalized spacial score (nSPS) is 14.1. The molecular formula is C84H164O17P2. The van der Waals surface area contributed by atoms with Gasteiger partial charge in [0.15, 0.2) is 12.2 Å². The lowest BCUT2D eigenvalue weighted by Crippen LogP contribution is -2.30. The third kappa shape index (κ3) is 76.6. The van der Waals surface area contributed by atoms with Crippen LogP contribution in [0.1, 0.15) is 446 Å². The van der Waals surface area contributed by atoms with Gasteiger partial charge in [-0.25, -0.2) is 9.13 Å². The molecule has 3 unspecified atom stereocenters. The zero-order valence-corrected chi connectivity index (χ0v) is 69.4. The van der Waals surface area contributed by atoms with Gasteiger partial charge in [0, 0.05) is 25.7 Å². The van der Waals surface area contributed by atoms with Crippen LogP contribution in [0.3, 0.4) is 0 Å². The Labute approximate surface area is 632 Å². The van der Waals surface area contributed by atoms with Crippen molar-refractivity contribution in [2.75, 3.05) is 39.6 Å². The van der Waals surface area contributed by atoms with Crippen LogP contribution in [-0.4, -0.2) is 96.7 Å². The summed E-state index contributed by atoms with van der Waals surface area (Å²) in [6.07, 6.45) is 66.7. The lowest BCUT2D eigenvalue weighted by molar-refractivity contribution is -0.161. The second-order valence-corrected chi connectivity index (χ2v) is 33.8. The molecule has 103 heavy (non-hydrogen) atoms. The van der Waals surface area contributed by atoms with E-state index >= 15 is 0 Å². The summed E-state index contributed by atoms with van der Waals surface area (Å²) in [7, 11) is -9.92. The Kier molecular flexibility index (Phi) is 74.1. The number of esters is 4. The minimum atomic E-state index is -4.96. The maximum absolute atomic E-state index is 13.1. The lowest BCUT2D eigenvalue weighted by Gasteiger charge is -2.21. The highest BCUT2D eigenvalue weighted by Gasteiger charge is 2.30. The first-order valence-corrected chi connectivity index (χ1v) is 46.5. The number of phosphoric ester groups is 2. The number of hydrogen-bond donors (Lipinski definition) is 3. The molecule has 0 rings (SSSR count). The first-order valence-electron chi connectivity index (χ1n) is 43.5.